The standard InChI is InChI=1S/C26H26N6O3/c1-3-35-26(33)20-16-28-24(18-8-10-19(34-2)11-9-18)30-25(20)32-14-12-31(13-15-32)23-17-27-21-6-4-5-7-22(21)29-23/h4-11,16-17H,3,12-15H2,1-2H3. The Morgan fingerprint density at radius 3 is 2.31 bits per heavy atom. The van der Waals surface area contributed by atoms with Gasteiger partial charge in [0.15, 0.2) is 5.82 Å². The second-order valence-electron chi connectivity index (χ2n) is 8.07. The first-order chi connectivity index (χ1) is 17.2. The summed E-state index contributed by atoms with van der Waals surface area (Å²) in [5.41, 5.74) is 2.95. The molecule has 3 heterocycles. The molecule has 1 fully saturated rings. The molecule has 0 unspecified atom stereocenters. The van der Waals surface area contributed by atoms with Crippen molar-refractivity contribution in [3.05, 3.63) is 66.5 Å². The first-order valence-corrected chi connectivity index (χ1v) is 11.6. The molecule has 0 N–H and O–H groups in total. The molecule has 35 heavy (non-hydrogen) atoms. The van der Waals surface area contributed by atoms with Crippen molar-refractivity contribution in [2.45, 2.75) is 6.92 Å². The third-order valence-corrected chi connectivity index (χ3v) is 5.95. The maximum atomic E-state index is 12.7. The van der Waals surface area contributed by atoms with Crippen molar-refractivity contribution >= 4 is 28.6 Å². The van der Waals surface area contributed by atoms with Gasteiger partial charge in [-0.05, 0) is 43.3 Å². The minimum absolute atomic E-state index is 0.285. The predicted octanol–water partition coefficient (Wildman–Crippen LogP) is 3.60. The smallest absolute Gasteiger partial charge is 0.343 e. The fraction of sp³-hybridized carbons (Fsp3) is 0.269. The third-order valence-electron chi connectivity index (χ3n) is 5.95. The lowest BCUT2D eigenvalue weighted by Crippen LogP contribution is -2.47. The maximum Gasteiger partial charge on any atom is 0.343 e. The number of hydrogen-bond acceptors (Lipinski definition) is 9. The average molecular weight is 471 g/mol. The fourth-order valence-corrected chi connectivity index (χ4v) is 4.09. The quantitative estimate of drug-likeness (QED) is 0.392. The lowest BCUT2D eigenvalue weighted by Gasteiger charge is -2.36. The van der Waals surface area contributed by atoms with Crippen LogP contribution in [0.2, 0.25) is 0 Å². The SMILES string of the molecule is CCOC(=O)c1cnc(-c2ccc(OC)cc2)nc1N1CCN(c2cnc3ccccc3n2)CC1. The van der Waals surface area contributed by atoms with Crippen LogP contribution in [-0.2, 0) is 4.74 Å². The molecule has 0 saturated carbocycles. The molecule has 0 amide bonds. The number of nitrogens with zero attached hydrogens (tertiary/aromatic N) is 6. The number of esters is 1. The number of piperazine rings is 1. The number of benzene rings is 2. The zero-order valence-electron chi connectivity index (χ0n) is 19.7. The van der Waals surface area contributed by atoms with Crippen LogP contribution in [0.4, 0.5) is 11.6 Å². The van der Waals surface area contributed by atoms with Gasteiger partial charge in [-0.1, -0.05) is 12.1 Å². The number of aromatic nitrogens is 4. The lowest BCUT2D eigenvalue weighted by atomic mass is 10.2. The van der Waals surface area contributed by atoms with Crippen LogP contribution < -0.4 is 14.5 Å². The number of anilines is 2. The van der Waals surface area contributed by atoms with Gasteiger partial charge in [0.2, 0.25) is 0 Å². The Hall–Kier alpha value is -4.27. The van der Waals surface area contributed by atoms with E-state index in [4.69, 9.17) is 19.4 Å². The molecular formula is C26H26N6O3. The van der Waals surface area contributed by atoms with Gasteiger partial charge >= 0.3 is 5.97 Å². The van der Waals surface area contributed by atoms with E-state index >= 15 is 0 Å². The second kappa shape index (κ2) is 9.92. The topological polar surface area (TPSA) is 93.6 Å². The summed E-state index contributed by atoms with van der Waals surface area (Å²) < 4.78 is 10.5. The van der Waals surface area contributed by atoms with Gasteiger partial charge in [0, 0.05) is 37.9 Å². The van der Waals surface area contributed by atoms with Crippen molar-refractivity contribution in [3.8, 4) is 17.1 Å². The highest BCUT2D eigenvalue weighted by molar-refractivity contribution is 5.95. The molecule has 4 aromatic rings. The summed E-state index contributed by atoms with van der Waals surface area (Å²) in [5, 5.41) is 0. The molecule has 9 nitrogen and oxygen atoms in total. The number of carbonyl (C=O) groups excluding carboxylic acids is 1. The van der Waals surface area contributed by atoms with E-state index < -0.39 is 5.97 Å². The van der Waals surface area contributed by atoms with E-state index in [0.29, 0.717) is 30.3 Å². The van der Waals surface area contributed by atoms with Crippen molar-refractivity contribution < 1.29 is 14.3 Å². The van der Waals surface area contributed by atoms with E-state index in [-0.39, 0.29) is 6.61 Å². The second-order valence-corrected chi connectivity index (χ2v) is 8.07. The Labute approximate surface area is 203 Å². The highest BCUT2D eigenvalue weighted by Crippen LogP contribution is 2.26. The molecule has 0 bridgehead atoms. The van der Waals surface area contributed by atoms with E-state index in [1.165, 1.54) is 0 Å². The molecule has 0 aliphatic carbocycles. The Balaban J connectivity index is 1.40. The maximum absolute atomic E-state index is 12.7. The summed E-state index contributed by atoms with van der Waals surface area (Å²) in [4.78, 5) is 35.5. The molecule has 178 valence electrons. The first kappa shape index (κ1) is 22.5. The zero-order valence-corrected chi connectivity index (χ0v) is 19.7. The number of rotatable bonds is 6. The molecule has 2 aromatic heterocycles. The molecule has 0 radical (unpaired) electrons. The van der Waals surface area contributed by atoms with E-state index in [2.05, 4.69) is 19.8 Å². The number of methoxy groups -OCH3 is 1. The van der Waals surface area contributed by atoms with E-state index in [1.54, 1.807) is 20.2 Å². The predicted molar refractivity (Wildman–Crippen MR) is 134 cm³/mol. The molecular weight excluding hydrogens is 444 g/mol. The molecule has 2 aromatic carbocycles. The summed E-state index contributed by atoms with van der Waals surface area (Å²) in [6.07, 6.45) is 3.37. The summed E-state index contributed by atoms with van der Waals surface area (Å²) in [6, 6.07) is 15.4. The van der Waals surface area contributed by atoms with Crippen LogP contribution in [0.15, 0.2) is 60.9 Å². The van der Waals surface area contributed by atoms with Gasteiger partial charge in [-0.15, -0.1) is 0 Å². The van der Waals surface area contributed by atoms with Crippen LogP contribution in [0, 0.1) is 0 Å². The largest absolute Gasteiger partial charge is 0.497 e. The monoisotopic (exact) mass is 470 g/mol. The van der Waals surface area contributed by atoms with Gasteiger partial charge in [-0.25, -0.2) is 19.7 Å². The van der Waals surface area contributed by atoms with Gasteiger partial charge in [0.25, 0.3) is 0 Å². The van der Waals surface area contributed by atoms with Crippen molar-refractivity contribution in [3.63, 3.8) is 0 Å². The molecule has 9 heteroatoms. The van der Waals surface area contributed by atoms with Crippen molar-refractivity contribution in [2.75, 3.05) is 49.7 Å². The number of fused-ring (bicyclic) bond motifs is 1. The van der Waals surface area contributed by atoms with Crippen LogP contribution in [0.3, 0.4) is 0 Å². The van der Waals surface area contributed by atoms with Crippen LogP contribution >= 0.6 is 0 Å². The van der Waals surface area contributed by atoms with E-state index in [1.807, 2.05) is 54.7 Å². The van der Waals surface area contributed by atoms with Gasteiger partial charge in [0.1, 0.15) is 22.9 Å². The summed E-state index contributed by atoms with van der Waals surface area (Å²) in [6.45, 7) is 4.84. The summed E-state index contributed by atoms with van der Waals surface area (Å²) >= 11 is 0. The molecule has 1 aliphatic rings. The Kier molecular flexibility index (Phi) is 6.38. The van der Waals surface area contributed by atoms with Crippen molar-refractivity contribution in [1.82, 2.24) is 19.9 Å². The van der Waals surface area contributed by atoms with Gasteiger partial charge < -0.3 is 19.3 Å². The minimum atomic E-state index is -0.424. The molecule has 0 spiro atoms. The Morgan fingerprint density at radius 1 is 0.886 bits per heavy atom. The molecule has 5 rings (SSSR count). The summed E-state index contributed by atoms with van der Waals surface area (Å²) in [5.74, 6) is 2.29. The normalized spacial score (nSPS) is 13.7. The van der Waals surface area contributed by atoms with Crippen LogP contribution in [0.25, 0.3) is 22.4 Å². The van der Waals surface area contributed by atoms with Gasteiger partial charge in [-0.3, -0.25) is 4.98 Å². The molecule has 1 aliphatic heterocycles. The first-order valence-electron chi connectivity index (χ1n) is 11.6. The lowest BCUT2D eigenvalue weighted by molar-refractivity contribution is 0.0526. The van der Waals surface area contributed by atoms with Crippen LogP contribution in [-0.4, -0.2) is 65.8 Å². The highest BCUT2D eigenvalue weighted by atomic mass is 16.5. The van der Waals surface area contributed by atoms with Crippen LogP contribution in [0.1, 0.15) is 17.3 Å². The van der Waals surface area contributed by atoms with Gasteiger partial charge in [0.05, 0.1) is 30.9 Å². The number of carbonyl (C=O) groups is 1. The number of para-hydroxylation sites is 2. The average Bonchev–Trinajstić information content (AvgIpc) is 2.93. The van der Waals surface area contributed by atoms with E-state index in [9.17, 15) is 4.79 Å². The molecule has 1 saturated heterocycles. The number of hydrogen-bond donors (Lipinski definition) is 0. The van der Waals surface area contributed by atoms with Crippen molar-refractivity contribution in [1.29, 1.82) is 0 Å². The highest BCUT2D eigenvalue weighted by Gasteiger charge is 2.25. The van der Waals surface area contributed by atoms with Crippen molar-refractivity contribution in [2.24, 2.45) is 0 Å². The van der Waals surface area contributed by atoms with E-state index in [0.717, 1.165) is 41.3 Å². The summed E-state index contributed by atoms with van der Waals surface area (Å²) in [7, 11) is 1.63. The number of ether oxygens (including phenoxy) is 2. The zero-order chi connectivity index (χ0) is 24.2. The minimum Gasteiger partial charge on any atom is -0.497 e. The Bertz CT molecular complexity index is 1340. The molecule has 0 atom stereocenters. The van der Waals surface area contributed by atoms with Crippen LogP contribution in [0.5, 0.6) is 5.75 Å². The fourth-order valence-electron chi connectivity index (χ4n) is 4.09. The third kappa shape index (κ3) is 4.70. The van der Waals surface area contributed by atoms with Gasteiger partial charge in [-0.2, -0.15) is 0 Å². The Morgan fingerprint density at radius 2 is 1.60 bits per heavy atom.